The number of nitrogens with zero attached hydrogens (tertiary/aromatic N) is 3. The standard InChI is InChI=1S/C24H31N7O2/c1-24(2,3)33-23(32)30-20-10-8-17(9-11-20)12-13-26-22(25-4)27-15-18-6-5-7-19(14-18)21-28-16-29-31-21/h5-11,14,16H,12-13,15H2,1-4H3,(H,30,32)(H2,25,26,27)(H,28,29,31). The van der Waals surface area contributed by atoms with Gasteiger partial charge in [-0.3, -0.25) is 15.4 Å². The number of ether oxygens (including phenoxy) is 1. The van der Waals surface area contributed by atoms with E-state index in [4.69, 9.17) is 4.74 Å². The summed E-state index contributed by atoms with van der Waals surface area (Å²) in [5, 5.41) is 16.2. The van der Waals surface area contributed by atoms with Crippen LogP contribution in [0, 0.1) is 0 Å². The highest BCUT2D eigenvalue weighted by molar-refractivity contribution is 5.84. The number of aliphatic imine (C=N–C) groups is 1. The number of anilines is 1. The molecule has 2 aromatic carbocycles. The molecule has 3 rings (SSSR count). The lowest BCUT2D eigenvalue weighted by atomic mass is 10.1. The van der Waals surface area contributed by atoms with E-state index >= 15 is 0 Å². The smallest absolute Gasteiger partial charge is 0.412 e. The van der Waals surface area contributed by atoms with Gasteiger partial charge < -0.3 is 15.4 Å². The first-order chi connectivity index (χ1) is 15.8. The molecule has 9 heteroatoms. The van der Waals surface area contributed by atoms with Crippen LogP contribution in [0.3, 0.4) is 0 Å². The van der Waals surface area contributed by atoms with E-state index in [1.165, 1.54) is 6.33 Å². The molecule has 1 heterocycles. The second-order valence-corrected chi connectivity index (χ2v) is 8.46. The molecule has 1 aromatic heterocycles. The minimum atomic E-state index is -0.526. The molecular formula is C24H31N7O2. The summed E-state index contributed by atoms with van der Waals surface area (Å²) in [4.78, 5) is 20.3. The van der Waals surface area contributed by atoms with Gasteiger partial charge in [0.15, 0.2) is 11.8 Å². The Bertz CT molecular complexity index is 1060. The number of carbonyl (C=O) groups excluding carboxylic acids is 1. The Labute approximate surface area is 194 Å². The maximum absolute atomic E-state index is 11.9. The zero-order valence-corrected chi connectivity index (χ0v) is 19.5. The van der Waals surface area contributed by atoms with Gasteiger partial charge in [-0.2, -0.15) is 5.10 Å². The van der Waals surface area contributed by atoms with E-state index in [1.54, 1.807) is 7.05 Å². The number of nitrogens with one attached hydrogen (secondary N) is 4. The van der Waals surface area contributed by atoms with Gasteiger partial charge >= 0.3 is 6.09 Å². The van der Waals surface area contributed by atoms with Crippen molar-refractivity contribution in [3.63, 3.8) is 0 Å². The summed E-state index contributed by atoms with van der Waals surface area (Å²) < 4.78 is 5.27. The summed E-state index contributed by atoms with van der Waals surface area (Å²) in [7, 11) is 1.75. The Kier molecular flexibility index (Phi) is 8.01. The van der Waals surface area contributed by atoms with Gasteiger partial charge in [-0.05, 0) is 56.5 Å². The maximum atomic E-state index is 11.9. The quantitative estimate of drug-likeness (QED) is 0.323. The zero-order chi connectivity index (χ0) is 23.7. The molecule has 174 valence electrons. The number of benzene rings is 2. The first-order valence-corrected chi connectivity index (χ1v) is 10.8. The van der Waals surface area contributed by atoms with E-state index < -0.39 is 11.7 Å². The molecule has 9 nitrogen and oxygen atoms in total. The van der Waals surface area contributed by atoms with Crippen molar-refractivity contribution in [2.24, 2.45) is 4.99 Å². The molecule has 0 radical (unpaired) electrons. The monoisotopic (exact) mass is 449 g/mol. The Morgan fingerprint density at radius 3 is 2.55 bits per heavy atom. The topological polar surface area (TPSA) is 116 Å². The third kappa shape index (κ3) is 7.95. The van der Waals surface area contributed by atoms with Crippen LogP contribution in [0.5, 0.6) is 0 Å². The molecule has 0 saturated heterocycles. The number of hydrogen-bond donors (Lipinski definition) is 4. The molecule has 3 aromatic rings. The van der Waals surface area contributed by atoms with Gasteiger partial charge in [0.1, 0.15) is 11.9 Å². The Hall–Kier alpha value is -3.88. The highest BCUT2D eigenvalue weighted by Crippen LogP contribution is 2.15. The molecule has 0 atom stereocenters. The Balaban J connectivity index is 1.43. The number of rotatable bonds is 7. The van der Waals surface area contributed by atoms with E-state index in [0.29, 0.717) is 12.2 Å². The highest BCUT2D eigenvalue weighted by Gasteiger charge is 2.16. The van der Waals surface area contributed by atoms with Crippen LogP contribution in [0.15, 0.2) is 59.9 Å². The van der Waals surface area contributed by atoms with E-state index in [1.807, 2.05) is 63.2 Å². The van der Waals surface area contributed by atoms with Crippen molar-refractivity contribution in [2.75, 3.05) is 18.9 Å². The van der Waals surface area contributed by atoms with Crippen molar-refractivity contribution in [3.8, 4) is 11.4 Å². The minimum absolute atomic E-state index is 0.460. The van der Waals surface area contributed by atoms with Crippen LogP contribution in [-0.4, -0.2) is 46.4 Å². The fourth-order valence-corrected chi connectivity index (χ4v) is 3.08. The Morgan fingerprint density at radius 2 is 1.88 bits per heavy atom. The number of guanidine groups is 1. The molecule has 0 unspecified atom stereocenters. The third-order valence-corrected chi connectivity index (χ3v) is 4.60. The fraction of sp³-hybridized carbons (Fsp3) is 0.333. The SMILES string of the molecule is CN=C(NCCc1ccc(NC(=O)OC(C)(C)C)cc1)NCc1cccc(-c2ncn[nH]2)c1. The second kappa shape index (κ2) is 11.1. The largest absolute Gasteiger partial charge is 0.444 e. The third-order valence-electron chi connectivity index (χ3n) is 4.60. The van der Waals surface area contributed by atoms with Gasteiger partial charge in [0.2, 0.25) is 0 Å². The lowest BCUT2D eigenvalue weighted by Gasteiger charge is -2.19. The number of carbonyl (C=O) groups is 1. The number of aromatic amines is 1. The second-order valence-electron chi connectivity index (χ2n) is 8.46. The number of amides is 1. The van der Waals surface area contributed by atoms with Crippen LogP contribution in [0.25, 0.3) is 11.4 Å². The van der Waals surface area contributed by atoms with Crippen molar-refractivity contribution in [1.82, 2.24) is 25.8 Å². The molecule has 1 amide bonds. The van der Waals surface area contributed by atoms with Crippen LogP contribution in [0.4, 0.5) is 10.5 Å². The molecule has 0 aliphatic rings. The van der Waals surface area contributed by atoms with Crippen LogP contribution < -0.4 is 16.0 Å². The normalized spacial score (nSPS) is 11.7. The number of H-pyrrole nitrogens is 1. The summed E-state index contributed by atoms with van der Waals surface area (Å²) in [5.41, 5.74) is 3.42. The predicted molar refractivity (Wildman–Crippen MR) is 130 cm³/mol. The average Bonchev–Trinajstić information content (AvgIpc) is 3.31. The van der Waals surface area contributed by atoms with E-state index in [0.717, 1.165) is 41.4 Å². The molecular weight excluding hydrogens is 418 g/mol. The van der Waals surface area contributed by atoms with Crippen molar-refractivity contribution in [3.05, 3.63) is 66.0 Å². The summed E-state index contributed by atoms with van der Waals surface area (Å²) >= 11 is 0. The first-order valence-electron chi connectivity index (χ1n) is 10.8. The van der Waals surface area contributed by atoms with E-state index in [2.05, 4.69) is 42.2 Å². The molecule has 33 heavy (non-hydrogen) atoms. The average molecular weight is 450 g/mol. The van der Waals surface area contributed by atoms with Crippen molar-refractivity contribution in [2.45, 2.75) is 39.3 Å². The molecule has 0 saturated carbocycles. The molecule has 0 fully saturated rings. The van der Waals surface area contributed by atoms with Crippen LogP contribution >= 0.6 is 0 Å². The summed E-state index contributed by atoms with van der Waals surface area (Å²) in [6, 6.07) is 15.8. The molecule has 0 spiro atoms. The van der Waals surface area contributed by atoms with E-state index in [-0.39, 0.29) is 0 Å². The van der Waals surface area contributed by atoms with Gasteiger partial charge in [-0.1, -0.05) is 30.3 Å². The predicted octanol–water partition coefficient (Wildman–Crippen LogP) is 3.73. The molecule has 0 bridgehead atoms. The maximum Gasteiger partial charge on any atom is 0.412 e. The van der Waals surface area contributed by atoms with Gasteiger partial charge in [-0.25, -0.2) is 9.78 Å². The first kappa shape index (κ1) is 23.8. The van der Waals surface area contributed by atoms with Crippen molar-refractivity contribution >= 4 is 17.7 Å². The highest BCUT2D eigenvalue weighted by atomic mass is 16.6. The lowest BCUT2D eigenvalue weighted by Crippen LogP contribution is -2.37. The van der Waals surface area contributed by atoms with Gasteiger partial charge in [0.25, 0.3) is 0 Å². The summed E-state index contributed by atoms with van der Waals surface area (Å²) in [6.45, 7) is 6.85. The zero-order valence-electron chi connectivity index (χ0n) is 19.5. The van der Waals surface area contributed by atoms with Gasteiger partial charge in [-0.15, -0.1) is 0 Å². The summed E-state index contributed by atoms with van der Waals surface area (Å²) in [5.74, 6) is 1.47. The van der Waals surface area contributed by atoms with Gasteiger partial charge in [0.05, 0.1) is 0 Å². The molecule has 4 N–H and O–H groups in total. The number of hydrogen-bond acceptors (Lipinski definition) is 5. The number of aromatic nitrogens is 3. The van der Waals surface area contributed by atoms with Crippen molar-refractivity contribution in [1.29, 1.82) is 0 Å². The van der Waals surface area contributed by atoms with Crippen LogP contribution in [-0.2, 0) is 17.7 Å². The fourth-order valence-electron chi connectivity index (χ4n) is 3.08. The van der Waals surface area contributed by atoms with Gasteiger partial charge in [0, 0.05) is 31.4 Å². The van der Waals surface area contributed by atoms with Crippen molar-refractivity contribution < 1.29 is 9.53 Å². The molecule has 0 aliphatic heterocycles. The van der Waals surface area contributed by atoms with Crippen LogP contribution in [0.1, 0.15) is 31.9 Å². The lowest BCUT2D eigenvalue weighted by molar-refractivity contribution is 0.0636. The summed E-state index contributed by atoms with van der Waals surface area (Å²) in [6.07, 6.45) is 1.85. The van der Waals surface area contributed by atoms with Crippen LogP contribution in [0.2, 0.25) is 0 Å². The minimum Gasteiger partial charge on any atom is -0.444 e. The molecule has 0 aliphatic carbocycles. The Morgan fingerprint density at radius 1 is 1.09 bits per heavy atom. The van der Waals surface area contributed by atoms with E-state index in [9.17, 15) is 4.79 Å².